The lowest BCUT2D eigenvalue weighted by Crippen LogP contribution is -2.32. The third-order valence-corrected chi connectivity index (χ3v) is 4.29. The number of alkyl halides is 3. The van der Waals surface area contributed by atoms with Gasteiger partial charge in [-0.15, -0.1) is 13.2 Å². The highest BCUT2D eigenvalue weighted by Crippen LogP contribution is 2.50. The minimum Gasteiger partial charge on any atom is -0.406 e. The van der Waals surface area contributed by atoms with Crippen LogP contribution in [-0.2, 0) is 11.2 Å². The van der Waals surface area contributed by atoms with E-state index in [2.05, 4.69) is 9.73 Å². The van der Waals surface area contributed by atoms with Crippen molar-refractivity contribution in [1.29, 1.82) is 0 Å². The van der Waals surface area contributed by atoms with Crippen LogP contribution < -0.4 is 9.64 Å². The predicted molar refractivity (Wildman–Crippen MR) is 66.6 cm³/mol. The van der Waals surface area contributed by atoms with Gasteiger partial charge in [-0.3, -0.25) is 0 Å². The van der Waals surface area contributed by atoms with Crippen molar-refractivity contribution in [2.45, 2.75) is 29.6 Å². The van der Waals surface area contributed by atoms with Crippen LogP contribution in [-0.4, -0.2) is 24.5 Å². The van der Waals surface area contributed by atoms with E-state index in [4.69, 9.17) is 0 Å². The minimum absolute atomic E-state index is 0.226. The number of aryl methyl sites for hydroxylation is 1. The van der Waals surface area contributed by atoms with Crippen LogP contribution in [0.1, 0.15) is 12.0 Å². The topological polar surface area (TPSA) is 41.9 Å². The monoisotopic (exact) mass is 302 g/mol. The third kappa shape index (κ3) is 2.36. The molecule has 1 aromatic rings. The minimum atomic E-state index is -4.71. The predicted octanol–water partition coefficient (Wildman–Crippen LogP) is 3.06. The fraction of sp³-hybridized carbons (Fsp3) is 0.417. The van der Waals surface area contributed by atoms with Crippen LogP contribution in [0.3, 0.4) is 0 Å². The summed E-state index contributed by atoms with van der Waals surface area (Å²) < 4.78 is 40.9. The number of hydrogen-bond donors (Lipinski definition) is 0. The zero-order valence-corrected chi connectivity index (χ0v) is 10.9. The summed E-state index contributed by atoms with van der Waals surface area (Å²) in [6.07, 6.45) is -1.72. The molecule has 0 N–H and O–H groups in total. The van der Waals surface area contributed by atoms with Gasteiger partial charge in [-0.25, -0.2) is 4.79 Å². The van der Waals surface area contributed by atoms with Crippen LogP contribution >= 0.6 is 11.8 Å². The molecule has 2 heterocycles. The first-order chi connectivity index (χ1) is 9.48. The van der Waals surface area contributed by atoms with Crippen molar-refractivity contribution in [2.24, 2.45) is 4.99 Å². The quantitative estimate of drug-likeness (QED) is 0.622. The molecule has 106 valence electrons. The summed E-state index contributed by atoms with van der Waals surface area (Å²) in [5.41, 5.74) is 1.21. The summed E-state index contributed by atoms with van der Waals surface area (Å²) in [6, 6.07) is 2.75. The van der Waals surface area contributed by atoms with E-state index in [1.807, 2.05) is 4.90 Å². The number of nitrogens with zero attached hydrogens (tertiary/aromatic N) is 2. The zero-order chi connectivity index (χ0) is 14.3. The van der Waals surface area contributed by atoms with Gasteiger partial charge < -0.3 is 9.64 Å². The number of anilines is 1. The molecule has 4 nitrogen and oxygen atoms in total. The summed E-state index contributed by atoms with van der Waals surface area (Å²) in [6.45, 7) is 0.725. The van der Waals surface area contributed by atoms with Gasteiger partial charge >= 0.3 is 6.36 Å². The Hall–Kier alpha value is -1.66. The molecule has 20 heavy (non-hydrogen) atoms. The Balaban J connectivity index is 2.01. The molecule has 0 radical (unpaired) electrons. The van der Waals surface area contributed by atoms with Crippen LogP contribution in [0.5, 0.6) is 5.75 Å². The lowest BCUT2D eigenvalue weighted by Gasteiger charge is -2.29. The molecule has 8 heteroatoms. The molecule has 1 aromatic carbocycles. The Morgan fingerprint density at radius 1 is 1.45 bits per heavy atom. The molecule has 0 aromatic heterocycles. The first-order valence-corrected chi connectivity index (χ1v) is 6.79. The van der Waals surface area contributed by atoms with Gasteiger partial charge in [-0.1, -0.05) is 11.8 Å². The van der Waals surface area contributed by atoms with E-state index in [0.717, 1.165) is 24.2 Å². The number of isocyanates is 1. The van der Waals surface area contributed by atoms with Gasteiger partial charge in [-0.05, 0) is 30.5 Å². The van der Waals surface area contributed by atoms with Crippen molar-refractivity contribution in [3.63, 3.8) is 0 Å². The first-order valence-electron chi connectivity index (χ1n) is 5.91. The van der Waals surface area contributed by atoms with Gasteiger partial charge in [-0.2, -0.15) is 4.99 Å². The number of rotatable bonds is 2. The van der Waals surface area contributed by atoms with Crippen LogP contribution in [0.15, 0.2) is 22.0 Å². The molecule has 0 saturated heterocycles. The maximum Gasteiger partial charge on any atom is 0.573 e. The highest BCUT2D eigenvalue weighted by molar-refractivity contribution is 8.00. The lowest BCUT2D eigenvalue weighted by molar-refractivity contribution is -0.274. The summed E-state index contributed by atoms with van der Waals surface area (Å²) in [5, 5.41) is 0. The number of hydrogen-bond acceptors (Lipinski definition) is 5. The highest BCUT2D eigenvalue weighted by atomic mass is 32.2. The second kappa shape index (κ2) is 4.71. The molecular weight excluding hydrogens is 293 g/mol. The van der Waals surface area contributed by atoms with Crippen LogP contribution in [0.25, 0.3) is 0 Å². The number of carbonyl (C=O) groups excluding carboxylic acids is 1. The second-order valence-corrected chi connectivity index (χ2v) is 5.54. The molecule has 2 aliphatic rings. The Morgan fingerprint density at radius 2 is 2.25 bits per heavy atom. The molecule has 0 amide bonds. The van der Waals surface area contributed by atoms with Crippen LogP contribution in [0.4, 0.5) is 18.9 Å². The van der Waals surface area contributed by atoms with Crippen LogP contribution in [0.2, 0.25) is 0 Å². The molecule has 1 atom stereocenters. The Bertz CT molecular complexity index is 599. The Labute approximate surface area is 116 Å². The summed E-state index contributed by atoms with van der Waals surface area (Å²) in [5.74, 6) is -0.226. The van der Waals surface area contributed by atoms with Crippen molar-refractivity contribution >= 4 is 23.5 Å². The zero-order valence-electron chi connectivity index (χ0n) is 10.1. The van der Waals surface area contributed by atoms with E-state index in [0.29, 0.717) is 11.3 Å². The lowest BCUT2D eigenvalue weighted by atomic mass is 10.0. The molecule has 2 aliphatic heterocycles. The van der Waals surface area contributed by atoms with Gasteiger partial charge in [0.05, 0.1) is 5.69 Å². The van der Waals surface area contributed by atoms with E-state index >= 15 is 0 Å². The van der Waals surface area contributed by atoms with Crippen molar-refractivity contribution in [1.82, 2.24) is 0 Å². The van der Waals surface area contributed by atoms with E-state index < -0.39 is 11.9 Å². The average molecular weight is 302 g/mol. The van der Waals surface area contributed by atoms with Crippen LogP contribution in [0, 0.1) is 0 Å². The van der Waals surface area contributed by atoms with Gasteiger partial charge in [0.1, 0.15) is 5.75 Å². The molecular formula is C12H9F3N2O2S. The number of aliphatic imine (C=N–C) groups is 1. The summed E-state index contributed by atoms with van der Waals surface area (Å²) in [4.78, 5) is 16.7. The largest absolute Gasteiger partial charge is 0.573 e. The number of benzene rings is 1. The van der Waals surface area contributed by atoms with Gasteiger partial charge in [0.25, 0.3) is 0 Å². The van der Waals surface area contributed by atoms with Gasteiger partial charge in [0, 0.05) is 11.4 Å². The number of ether oxygens (including phenoxy) is 1. The smallest absolute Gasteiger partial charge is 0.406 e. The van der Waals surface area contributed by atoms with E-state index in [-0.39, 0.29) is 5.75 Å². The summed E-state index contributed by atoms with van der Waals surface area (Å²) >= 11 is 1.24. The van der Waals surface area contributed by atoms with Gasteiger partial charge in [0.15, 0.2) is 5.50 Å². The average Bonchev–Trinajstić information content (AvgIpc) is 2.68. The normalized spacial score (nSPS) is 20.4. The fourth-order valence-electron chi connectivity index (χ4n) is 2.53. The van der Waals surface area contributed by atoms with Crippen molar-refractivity contribution in [3.05, 3.63) is 17.7 Å². The third-order valence-electron chi connectivity index (χ3n) is 3.16. The molecule has 0 fully saturated rings. The van der Waals surface area contributed by atoms with E-state index in [1.165, 1.54) is 30.0 Å². The molecule has 0 spiro atoms. The highest BCUT2D eigenvalue weighted by Gasteiger charge is 2.37. The molecule has 0 bridgehead atoms. The van der Waals surface area contributed by atoms with Crippen molar-refractivity contribution in [3.8, 4) is 5.75 Å². The maximum atomic E-state index is 12.3. The Kier molecular flexibility index (Phi) is 3.14. The fourth-order valence-corrected chi connectivity index (χ4v) is 3.73. The second-order valence-electron chi connectivity index (χ2n) is 4.44. The molecule has 1 unspecified atom stereocenters. The molecule has 0 saturated carbocycles. The van der Waals surface area contributed by atoms with E-state index in [1.54, 1.807) is 0 Å². The number of thioether (sulfide) groups is 1. The molecule has 0 aliphatic carbocycles. The standard InChI is InChI=1S/C12H9F3N2O2S/c13-12(14,15)19-8-4-7-2-1-3-17-10(7)9(5-8)20-11(17)16-6-18/h4-5,11H,1-3H2. The van der Waals surface area contributed by atoms with Gasteiger partial charge in [0.2, 0.25) is 6.08 Å². The van der Waals surface area contributed by atoms with Crippen molar-refractivity contribution < 1.29 is 22.7 Å². The number of halogens is 3. The maximum absolute atomic E-state index is 12.3. The first kappa shape index (κ1) is 13.3. The van der Waals surface area contributed by atoms with E-state index in [9.17, 15) is 18.0 Å². The van der Waals surface area contributed by atoms with Crippen molar-refractivity contribution in [2.75, 3.05) is 11.4 Å². The Morgan fingerprint density at radius 3 is 2.95 bits per heavy atom. The summed E-state index contributed by atoms with van der Waals surface area (Å²) in [7, 11) is 0. The SMILES string of the molecule is O=C=NC1Sc2cc(OC(F)(F)F)cc3c2N1CCC3. The molecule has 3 rings (SSSR count).